The van der Waals surface area contributed by atoms with Crippen molar-refractivity contribution in [2.75, 3.05) is 53.5 Å². The number of methoxy groups -OCH3 is 1. The summed E-state index contributed by atoms with van der Waals surface area (Å²) in [5, 5.41) is 6.70. The van der Waals surface area contributed by atoms with E-state index in [1.54, 1.807) is 7.11 Å². The standard InChI is InChI=1S/C18H33N5O.HI/c1-5-20-18(22-11-13-23(3)12-6-14-24-4)21-10-8-17-7-9-19-15-16(17)2;/h7,9,15H,5-6,8,10-14H2,1-4H3,(H2,20,21,22);1H. The van der Waals surface area contributed by atoms with E-state index in [0.717, 1.165) is 58.1 Å². The van der Waals surface area contributed by atoms with Crippen molar-refractivity contribution < 1.29 is 4.74 Å². The first-order chi connectivity index (χ1) is 11.7. The summed E-state index contributed by atoms with van der Waals surface area (Å²) in [5.74, 6) is 0.884. The van der Waals surface area contributed by atoms with Gasteiger partial charge in [-0.3, -0.25) is 9.98 Å². The maximum Gasteiger partial charge on any atom is 0.191 e. The number of guanidine groups is 1. The van der Waals surface area contributed by atoms with Crippen molar-refractivity contribution in [3.63, 3.8) is 0 Å². The third kappa shape index (κ3) is 11.3. The minimum atomic E-state index is 0. The van der Waals surface area contributed by atoms with Gasteiger partial charge in [-0.05, 0) is 50.9 Å². The molecular weight excluding hydrogens is 429 g/mol. The third-order valence-electron chi connectivity index (χ3n) is 3.81. The Kier molecular flexibility index (Phi) is 14.8. The Morgan fingerprint density at radius 3 is 2.80 bits per heavy atom. The monoisotopic (exact) mass is 463 g/mol. The minimum absolute atomic E-state index is 0. The number of hydrogen-bond donors (Lipinski definition) is 2. The number of rotatable bonds is 11. The molecule has 1 aromatic heterocycles. The second-order valence-corrected chi connectivity index (χ2v) is 5.89. The van der Waals surface area contributed by atoms with Gasteiger partial charge < -0.3 is 20.3 Å². The zero-order valence-electron chi connectivity index (χ0n) is 16.0. The highest BCUT2D eigenvalue weighted by Gasteiger charge is 2.01. The number of aryl methyl sites for hydroxylation is 1. The van der Waals surface area contributed by atoms with Gasteiger partial charge in [-0.1, -0.05) is 0 Å². The minimum Gasteiger partial charge on any atom is -0.385 e. The zero-order valence-corrected chi connectivity index (χ0v) is 18.4. The number of nitrogens with one attached hydrogen (secondary N) is 2. The van der Waals surface area contributed by atoms with E-state index in [1.165, 1.54) is 11.1 Å². The van der Waals surface area contributed by atoms with Crippen molar-refractivity contribution in [3.8, 4) is 0 Å². The topological polar surface area (TPSA) is 61.8 Å². The summed E-state index contributed by atoms with van der Waals surface area (Å²) < 4.78 is 5.08. The fourth-order valence-corrected chi connectivity index (χ4v) is 2.36. The normalized spacial score (nSPS) is 11.3. The Bertz CT molecular complexity index is 484. The van der Waals surface area contributed by atoms with Gasteiger partial charge in [0.15, 0.2) is 5.96 Å². The van der Waals surface area contributed by atoms with Gasteiger partial charge in [0.2, 0.25) is 0 Å². The fraction of sp³-hybridized carbons (Fsp3) is 0.667. The summed E-state index contributed by atoms with van der Waals surface area (Å²) in [6.07, 6.45) is 5.78. The molecular formula is C18H34IN5O. The van der Waals surface area contributed by atoms with Crippen LogP contribution in [-0.4, -0.2) is 69.3 Å². The molecule has 1 aromatic rings. The molecule has 2 N–H and O–H groups in total. The molecule has 6 nitrogen and oxygen atoms in total. The van der Waals surface area contributed by atoms with E-state index < -0.39 is 0 Å². The molecule has 0 saturated carbocycles. The summed E-state index contributed by atoms with van der Waals surface area (Å²) >= 11 is 0. The quantitative estimate of drug-likeness (QED) is 0.228. The van der Waals surface area contributed by atoms with Crippen molar-refractivity contribution in [2.45, 2.75) is 26.7 Å². The molecule has 0 aliphatic carbocycles. The number of hydrogen-bond acceptors (Lipinski definition) is 4. The predicted octanol–water partition coefficient (Wildman–Crippen LogP) is 2.07. The third-order valence-corrected chi connectivity index (χ3v) is 3.81. The largest absolute Gasteiger partial charge is 0.385 e. The number of likely N-dealkylation sites (N-methyl/N-ethyl adjacent to an activating group) is 1. The molecule has 7 heteroatoms. The average Bonchev–Trinajstić information content (AvgIpc) is 2.57. The maximum atomic E-state index is 5.08. The molecule has 144 valence electrons. The number of aromatic nitrogens is 1. The lowest BCUT2D eigenvalue weighted by Crippen LogP contribution is -2.39. The lowest BCUT2D eigenvalue weighted by atomic mass is 10.1. The lowest BCUT2D eigenvalue weighted by molar-refractivity contribution is 0.180. The van der Waals surface area contributed by atoms with Gasteiger partial charge in [-0.25, -0.2) is 0 Å². The molecule has 0 bridgehead atoms. The molecule has 0 atom stereocenters. The summed E-state index contributed by atoms with van der Waals surface area (Å²) in [7, 11) is 3.86. The molecule has 0 fully saturated rings. The number of pyridine rings is 1. The van der Waals surface area contributed by atoms with E-state index in [1.807, 2.05) is 12.4 Å². The van der Waals surface area contributed by atoms with Crippen molar-refractivity contribution in [1.29, 1.82) is 0 Å². The van der Waals surface area contributed by atoms with Crippen LogP contribution in [0.1, 0.15) is 24.5 Å². The van der Waals surface area contributed by atoms with Crippen LogP contribution in [0.25, 0.3) is 0 Å². The van der Waals surface area contributed by atoms with Gasteiger partial charge in [0.05, 0.1) is 6.54 Å². The molecule has 1 rings (SSSR count). The Labute approximate surface area is 169 Å². The van der Waals surface area contributed by atoms with E-state index in [2.05, 4.69) is 52.5 Å². The SMILES string of the molecule is CCNC(=NCCN(C)CCCOC)NCCc1ccncc1C.I. The summed E-state index contributed by atoms with van der Waals surface area (Å²) in [4.78, 5) is 11.1. The molecule has 1 heterocycles. The summed E-state index contributed by atoms with van der Waals surface area (Å²) in [5.41, 5.74) is 2.56. The van der Waals surface area contributed by atoms with Gasteiger partial charge in [0.1, 0.15) is 0 Å². The Morgan fingerprint density at radius 1 is 1.32 bits per heavy atom. The Morgan fingerprint density at radius 2 is 2.12 bits per heavy atom. The van der Waals surface area contributed by atoms with E-state index in [0.29, 0.717) is 0 Å². The molecule has 0 aliphatic rings. The highest BCUT2D eigenvalue weighted by atomic mass is 127. The Balaban J connectivity index is 0.00000576. The van der Waals surface area contributed by atoms with Crippen molar-refractivity contribution in [3.05, 3.63) is 29.6 Å². The van der Waals surface area contributed by atoms with Crippen molar-refractivity contribution in [2.24, 2.45) is 4.99 Å². The number of aliphatic imine (C=N–C) groups is 1. The van der Waals surface area contributed by atoms with Gasteiger partial charge in [0.25, 0.3) is 0 Å². The first-order valence-corrected chi connectivity index (χ1v) is 8.76. The van der Waals surface area contributed by atoms with Crippen molar-refractivity contribution >= 4 is 29.9 Å². The molecule has 0 unspecified atom stereocenters. The van der Waals surface area contributed by atoms with Crippen LogP contribution in [0.15, 0.2) is 23.5 Å². The molecule has 0 radical (unpaired) electrons. The average molecular weight is 463 g/mol. The van der Waals surface area contributed by atoms with Crippen LogP contribution in [0.3, 0.4) is 0 Å². The molecule has 25 heavy (non-hydrogen) atoms. The second-order valence-electron chi connectivity index (χ2n) is 5.89. The number of halogens is 1. The lowest BCUT2D eigenvalue weighted by Gasteiger charge is -2.16. The van der Waals surface area contributed by atoms with E-state index in [9.17, 15) is 0 Å². The summed E-state index contributed by atoms with van der Waals surface area (Å²) in [6, 6.07) is 2.08. The van der Waals surface area contributed by atoms with Gasteiger partial charge in [-0.2, -0.15) is 0 Å². The van der Waals surface area contributed by atoms with Gasteiger partial charge in [-0.15, -0.1) is 24.0 Å². The number of nitrogens with zero attached hydrogens (tertiary/aromatic N) is 3. The molecule has 0 spiro atoms. The van der Waals surface area contributed by atoms with Crippen LogP contribution in [0, 0.1) is 6.92 Å². The first-order valence-electron chi connectivity index (χ1n) is 8.76. The van der Waals surface area contributed by atoms with Crippen LogP contribution in [-0.2, 0) is 11.2 Å². The number of ether oxygens (including phenoxy) is 1. The highest BCUT2D eigenvalue weighted by Crippen LogP contribution is 2.04. The van der Waals surface area contributed by atoms with Crippen molar-refractivity contribution in [1.82, 2.24) is 20.5 Å². The maximum absolute atomic E-state index is 5.08. The van der Waals surface area contributed by atoms with Gasteiger partial charge >= 0.3 is 0 Å². The molecule has 0 aliphatic heterocycles. The van der Waals surface area contributed by atoms with Crippen LogP contribution in [0.2, 0.25) is 0 Å². The van der Waals surface area contributed by atoms with Gasteiger partial charge in [0, 0.05) is 52.3 Å². The molecule has 0 amide bonds. The van der Waals surface area contributed by atoms with Crippen LogP contribution >= 0.6 is 24.0 Å². The van der Waals surface area contributed by atoms with Crippen LogP contribution < -0.4 is 10.6 Å². The van der Waals surface area contributed by atoms with Crippen LogP contribution in [0.5, 0.6) is 0 Å². The fourth-order valence-electron chi connectivity index (χ4n) is 2.36. The second kappa shape index (κ2) is 15.3. The van der Waals surface area contributed by atoms with Crippen LogP contribution in [0.4, 0.5) is 0 Å². The molecule has 0 aromatic carbocycles. The van der Waals surface area contributed by atoms with E-state index >= 15 is 0 Å². The van der Waals surface area contributed by atoms with E-state index in [-0.39, 0.29) is 24.0 Å². The zero-order chi connectivity index (χ0) is 17.6. The first kappa shape index (κ1) is 24.1. The predicted molar refractivity (Wildman–Crippen MR) is 116 cm³/mol. The molecule has 0 saturated heterocycles. The van der Waals surface area contributed by atoms with E-state index in [4.69, 9.17) is 4.74 Å². The Hall–Kier alpha value is -0.930. The smallest absolute Gasteiger partial charge is 0.191 e. The highest BCUT2D eigenvalue weighted by molar-refractivity contribution is 14.0. The summed E-state index contributed by atoms with van der Waals surface area (Å²) in [6.45, 7) is 9.49.